The van der Waals surface area contributed by atoms with Crippen LogP contribution in [-0.4, -0.2) is 28.5 Å². The number of rotatable bonds is 6. The van der Waals surface area contributed by atoms with E-state index in [0.717, 1.165) is 12.8 Å². The molecule has 0 bridgehead atoms. The molecular formula is C16H26N2O2. The van der Waals surface area contributed by atoms with Crippen LogP contribution in [0.4, 0.5) is 5.69 Å². The van der Waals surface area contributed by atoms with Crippen LogP contribution in [0.15, 0.2) is 18.2 Å². The predicted octanol–water partition coefficient (Wildman–Crippen LogP) is 3.26. The molecule has 4 heteroatoms. The normalized spacial score (nSPS) is 11.1. The molecule has 0 saturated heterocycles. The molecule has 0 fully saturated rings. The summed E-state index contributed by atoms with van der Waals surface area (Å²) in [4.78, 5) is 14.6. The number of para-hydroxylation sites is 1. The number of nitrogen functional groups attached to an aromatic ring is 1. The summed E-state index contributed by atoms with van der Waals surface area (Å²) in [6.45, 7) is 9.01. The number of nitrogens with zero attached hydrogens (tertiary/aromatic N) is 1. The third-order valence-electron chi connectivity index (χ3n) is 3.50. The van der Waals surface area contributed by atoms with Gasteiger partial charge in [0.25, 0.3) is 5.91 Å². The summed E-state index contributed by atoms with van der Waals surface area (Å²) in [5.74, 6) is 0.122. The Morgan fingerprint density at radius 1 is 1.30 bits per heavy atom. The highest BCUT2D eigenvalue weighted by molar-refractivity contribution is 5.98. The van der Waals surface area contributed by atoms with Crippen LogP contribution in [-0.2, 0) is 0 Å². The molecule has 0 spiro atoms. The molecule has 1 aromatic rings. The Hall–Kier alpha value is -1.71. The number of carbonyl (C=O) groups is 1. The lowest BCUT2D eigenvalue weighted by Crippen LogP contribution is -2.42. The molecule has 0 aliphatic rings. The number of amides is 1. The van der Waals surface area contributed by atoms with Crippen LogP contribution < -0.4 is 5.73 Å². The minimum Gasteiger partial charge on any atom is -0.505 e. The molecule has 0 unspecified atom stereocenters. The molecule has 0 aliphatic carbocycles. The lowest BCUT2D eigenvalue weighted by Gasteiger charge is -2.32. The van der Waals surface area contributed by atoms with Crippen molar-refractivity contribution in [3.8, 4) is 5.75 Å². The molecule has 1 amide bonds. The maximum atomic E-state index is 12.7. The number of carbonyl (C=O) groups excluding carboxylic acids is 1. The zero-order valence-electron chi connectivity index (χ0n) is 12.9. The van der Waals surface area contributed by atoms with E-state index < -0.39 is 0 Å². The number of hydrogen-bond acceptors (Lipinski definition) is 3. The van der Waals surface area contributed by atoms with Crippen molar-refractivity contribution >= 4 is 11.6 Å². The SMILES string of the molecule is CCC(CC)N(CC(C)C)C(=O)c1cccc(N)c1O. The van der Waals surface area contributed by atoms with Gasteiger partial charge >= 0.3 is 0 Å². The van der Waals surface area contributed by atoms with Crippen molar-refractivity contribution in [1.29, 1.82) is 0 Å². The van der Waals surface area contributed by atoms with E-state index in [4.69, 9.17) is 5.73 Å². The van der Waals surface area contributed by atoms with Gasteiger partial charge in [-0.05, 0) is 30.9 Å². The van der Waals surface area contributed by atoms with Crippen LogP contribution in [0.5, 0.6) is 5.75 Å². The van der Waals surface area contributed by atoms with E-state index in [1.165, 1.54) is 0 Å². The summed E-state index contributed by atoms with van der Waals surface area (Å²) >= 11 is 0. The van der Waals surface area contributed by atoms with Gasteiger partial charge in [0, 0.05) is 12.6 Å². The molecule has 3 N–H and O–H groups in total. The molecule has 0 atom stereocenters. The fourth-order valence-corrected chi connectivity index (χ4v) is 2.41. The van der Waals surface area contributed by atoms with Crippen molar-refractivity contribution < 1.29 is 9.90 Å². The number of nitrogens with two attached hydrogens (primary N) is 1. The molecule has 1 aromatic carbocycles. The van der Waals surface area contributed by atoms with Gasteiger partial charge in [-0.1, -0.05) is 33.8 Å². The number of anilines is 1. The lowest BCUT2D eigenvalue weighted by molar-refractivity contribution is 0.0637. The van der Waals surface area contributed by atoms with Gasteiger partial charge < -0.3 is 15.7 Å². The van der Waals surface area contributed by atoms with Gasteiger partial charge in [0.1, 0.15) is 0 Å². The minimum atomic E-state index is -0.141. The van der Waals surface area contributed by atoms with Crippen molar-refractivity contribution in [3.05, 3.63) is 23.8 Å². The van der Waals surface area contributed by atoms with Crippen molar-refractivity contribution in [1.82, 2.24) is 4.90 Å². The van der Waals surface area contributed by atoms with Crippen LogP contribution in [0, 0.1) is 5.92 Å². The molecule has 0 aliphatic heterocycles. The zero-order chi connectivity index (χ0) is 15.3. The van der Waals surface area contributed by atoms with Crippen molar-refractivity contribution in [2.24, 2.45) is 5.92 Å². The molecule has 1 rings (SSSR count). The average Bonchev–Trinajstić information content (AvgIpc) is 2.41. The molecule has 4 nitrogen and oxygen atoms in total. The van der Waals surface area contributed by atoms with Crippen LogP contribution in [0.2, 0.25) is 0 Å². The Labute approximate surface area is 121 Å². The van der Waals surface area contributed by atoms with E-state index in [2.05, 4.69) is 27.7 Å². The van der Waals surface area contributed by atoms with E-state index in [9.17, 15) is 9.90 Å². The van der Waals surface area contributed by atoms with Gasteiger partial charge in [0.2, 0.25) is 0 Å². The summed E-state index contributed by atoms with van der Waals surface area (Å²) in [6.07, 6.45) is 1.80. The largest absolute Gasteiger partial charge is 0.505 e. The summed E-state index contributed by atoms with van der Waals surface area (Å²) in [6, 6.07) is 5.11. The average molecular weight is 278 g/mol. The number of phenolic OH excluding ortho intramolecular Hbond substituents is 1. The van der Waals surface area contributed by atoms with E-state index in [0.29, 0.717) is 12.5 Å². The maximum absolute atomic E-state index is 12.7. The Kier molecular flexibility index (Phi) is 5.86. The van der Waals surface area contributed by atoms with E-state index in [1.807, 2.05) is 4.90 Å². The van der Waals surface area contributed by atoms with E-state index in [1.54, 1.807) is 18.2 Å². The third-order valence-corrected chi connectivity index (χ3v) is 3.50. The first-order chi connectivity index (χ1) is 9.42. The van der Waals surface area contributed by atoms with Crippen molar-refractivity contribution in [2.45, 2.75) is 46.6 Å². The highest BCUT2D eigenvalue weighted by Gasteiger charge is 2.25. The fourth-order valence-electron chi connectivity index (χ4n) is 2.41. The van der Waals surface area contributed by atoms with Gasteiger partial charge in [-0.3, -0.25) is 4.79 Å². The standard InChI is InChI=1S/C16H26N2O2/c1-5-12(6-2)18(10-11(3)4)16(20)13-8-7-9-14(17)15(13)19/h7-9,11-12,19H,5-6,10,17H2,1-4H3. The Morgan fingerprint density at radius 2 is 1.90 bits per heavy atom. The molecule has 0 radical (unpaired) electrons. The van der Waals surface area contributed by atoms with Crippen molar-refractivity contribution in [3.63, 3.8) is 0 Å². The molecule has 20 heavy (non-hydrogen) atoms. The quantitative estimate of drug-likeness (QED) is 0.620. The summed E-state index contributed by atoms with van der Waals surface area (Å²) in [5.41, 5.74) is 6.21. The monoisotopic (exact) mass is 278 g/mol. The first-order valence-corrected chi connectivity index (χ1v) is 7.30. The molecule has 0 aromatic heterocycles. The van der Waals surface area contributed by atoms with Gasteiger partial charge in [-0.25, -0.2) is 0 Å². The minimum absolute atomic E-state index is 0.114. The second-order valence-corrected chi connectivity index (χ2v) is 5.57. The van der Waals surface area contributed by atoms with Gasteiger partial charge in [0.15, 0.2) is 5.75 Å². The van der Waals surface area contributed by atoms with Crippen LogP contribution in [0.3, 0.4) is 0 Å². The fraction of sp³-hybridized carbons (Fsp3) is 0.562. The van der Waals surface area contributed by atoms with E-state index >= 15 is 0 Å². The first-order valence-electron chi connectivity index (χ1n) is 7.30. The highest BCUT2D eigenvalue weighted by Crippen LogP contribution is 2.27. The predicted molar refractivity (Wildman–Crippen MR) is 82.8 cm³/mol. The summed E-state index contributed by atoms with van der Waals surface area (Å²) in [5, 5.41) is 10.0. The lowest BCUT2D eigenvalue weighted by atomic mass is 10.0. The van der Waals surface area contributed by atoms with Crippen LogP contribution in [0.25, 0.3) is 0 Å². The van der Waals surface area contributed by atoms with Crippen LogP contribution >= 0.6 is 0 Å². The Morgan fingerprint density at radius 3 is 2.40 bits per heavy atom. The second kappa shape index (κ2) is 7.17. The topological polar surface area (TPSA) is 66.6 Å². The zero-order valence-corrected chi connectivity index (χ0v) is 12.9. The number of aromatic hydroxyl groups is 1. The van der Waals surface area contributed by atoms with Gasteiger partial charge in [0.05, 0.1) is 11.3 Å². The van der Waals surface area contributed by atoms with Gasteiger partial charge in [-0.2, -0.15) is 0 Å². The summed E-state index contributed by atoms with van der Waals surface area (Å²) < 4.78 is 0. The smallest absolute Gasteiger partial charge is 0.257 e. The van der Waals surface area contributed by atoms with E-state index in [-0.39, 0.29) is 28.9 Å². The molecule has 0 heterocycles. The molecule has 0 saturated carbocycles. The highest BCUT2D eigenvalue weighted by atomic mass is 16.3. The third kappa shape index (κ3) is 3.65. The Balaban J connectivity index is 3.12. The number of benzene rings is 1. The Bertz CT molecular complexity index is 454. The first kappa shape index (κ1) is 16.3. The van der Waals surface area contributed by atoms with Crippen LogP contribution in [0.1, 0.15) is 50.9 Å². The second-order valence-electron chi connectivity index (χ2n) is 5.57. The van der Waals surface area contributed by atoms with Crippen molar-refractivity contribution in [2.75, 3.05) is 12.3 Å². The number of hydrogen-bond donors (Lipinski definition) is 2. The van der Waals surface area contributed by atoms with Gasteiger partial charge in [-0.15, -0.1) is 0 Å². The summed E-state index contributed by atoms with van der Waals surface area (Å²) in [7, 11) is 0. The molecule has 112 valence electrons. The number of phenols is 1. The maximum Gasteiger partial charge on any atom is 0.257 e. The molecular weight excluding hydrogens is 252 g/mol.